The van der Waals surface area contributed by atoms with Crippen molar-refractivity contribution in [3.8, 4) is 0 Å². The van der Waals surface area contributed by atoms with Gasteiger partial charge in [0.2, 0.25) is 0 Å². The minimum absolute atomic E-state index is 0.681. The van der Waals surface area contributed by atoms with Crippen molar-refractivity contribution in [1.29, 1.82) is 0 Å². The third-order valence-electron chi connectivity index (χ3n) is 2.45. The number of benzene rings is 1. The van der Waals surface area contributed by atoms with E-state index in [0.29, 0.717) is 5.25 Å². The molecule has 0 heterocycles. The molecule has 1 N–H and O–H groups in total. The Kier molecular flexibility index (Phi) is 5.72. The smallest absolute Gasteiger partial charge is 0.0208 e. The van der Waals surface area contributed by atoms with Crippen molar-refractivity contribution in [3.05, 3.63) is 33.8 Å². The molecule has 1 unspecified atom stereocenters. The summed E-state index contributed by atoms with van der Waals surface area (Å²) in [5, 5.41) is 4.16. The highest BCUT2D eigenvalue weighted by atomic mass is 79.9. The summed E-state index contributed by atoms with van der Waals surface area (Å²) in [6, 6.07) is 6.44. The minimum atomic E-state index is 0.681. The van der Waals surface area contributed by atoms with Crippen LogP contribution in [0.3, 0.4) is 0 Å². The molecule has 0 fully saturated rings. The van der Waals surface area contributed by atoms with Gasteiger partial charge in [0.25, 0.3) is 0 Å². The van der Waals surface area contributed by atoms with Crippen LogP contribution in [0.1, 0.15) is 18.1 Å². The van der Waals surface area contributed by atoms with Crippen LogP contribution in [0.4, 0.5) is 0 Å². The lowest BCUT2D eigenvalue weighted by molar-refractivity contribution is 0.682. The average molecular weight is 288 g/mol. The van der Waals surface area contributed by atoms with E-state index >= 15 is 0 Å². The quantitative estimate of drug-likeness (QED) is 0.888. The van der Waals surface area contributed by atoms with Crippen LogP contribution in [0.25, 0.3) is 0 Å². The molecule has 0 aliphatic rings. The van der Waals surface area contributed by atoms with Crippen molar-refractivity contribution in [2.24, 2.45) is 0 Å². The third-order valence-corrected chi connectivity index (χ3v) is 3.92. The highest BCUT2D eigenvalue weighted by molar-refractivity contribution is 9.10. The molecule has 1 aromatic carbocycles. The molecule has 0 aliphatic heterocycles. The van der Waals surface area contributed by atoms with Gasteiger partial charge in [-0.3, -0.25) is 0 Å². The Bertz CT molecular complexity index is 314. The second-order valence-electron chi connectivity index (χ2n) is 3.75. The summed E-state index contributed by atoms with van der Waals surface area (Å²) in [5.41, 5.74) is 2.72. The summed E-state index contributed by atoms with van der Waals surface area (Å²) >= 11 is 5.37. The van der Waals surface area contributed by atoms with E-state index in [-0.39, 0.29) is 0 Å². The zero-order valence-electron chi connectivity index (χ0n) is 9.51. The standard InChI is InChI=1S/C12H18BrNS/c1-9-6-12(13)5-4-11(9)8-14-7-10(2)15-3/h4-6,10,14H,7-8H2,1-3H3. The van der Waals surface area contributed by atoms with Crippen molar-refractivity contribution < 1.29 is 0 Å². The Morgan fingerprint density at radius 3 is 2.80 bits per heavy atom. The first-order chi connectivity index (χ1) is 7.13. The van der Waals surface area contributed by atoms with Crippen LogP contribution in [0.2, 0.25) is 0 Å². The zero-order valence-corrected chi connectivity index (χ0v) is 11.9. The third kappa shape index (κ3) is 4.58. The molecule has 0 aliphatic carbocycles. The zero-order chi connectivity index (χ0) is 11.3. The maximum Gasteiger partial charge on any atom is 0.0208 e. The van der Waals surface area contributed by atoms with Gasteiger partial charge in [-0.05, 0) is 36.4 Å². The van der Waals surface area contributed by atoms with E-state index < -0.39 is 0 Å². The minimum Gasteiger partial charge on any atom is -0.312 e. The predicted octanol–water partition coefficient (Wildman–Crippen LogP) is 3.60. The monoisotopic (exact) mass is 287 g/mol. The Hall–Kier alpha value is 0.01000. The number of nitrogens with one attached hydrogen (secondary N) is 1. The van der Waals surface area contributed by atoms with E-state index in [9.17, 15) is 0 Å². The Morgan fingerprint density at radius 2 is 2.20 bits per heavy atom. The highest BCUT2D eigenvalue weighted by Gasteiger charge is 2.01. The second-order valence-corrected chi connectivity index (χ2v) is 5.94. The van der Waals surface area contributed by atoms with Gasteiger partial charge in [-0.2, -0.15) is 11.8 Å². The van der Waals surface area contributed by atoms with E-state index in [0.717, 1.165) is 17.6 Å². The average Bonchev–Trinajstić information content (AvgIpc) is 2.21. The van der Waals surface area contributed by atoms with Crippen molar-refractivity contribution in [2.45, 2.75) is 25.6 Å². The number of thioether (sulfide) groups is 1. The fraction of sp³-hybridized carbons (Fsp3) is 0.500. The SMILES string of the molecule is CSC(C)CNCc1ccc(Br)cc1C. The Labute approximate surface area is 105 Å². The number of halogens is 1. The molecular weight excluding hydrogens is 270 g/mol. The molecule has 0 saturated carbocycles. The molecule has 0 radical (unpaired) electrons. The second kappa shape index (κ2) is 6.56. The first kappa shape index (κ1) is 13.1. The lowest BCUT2D eigenvalue weighted by atomic mass is 10.1. The van der Waals surface area contributed by atoms with E-state index in [2.05, 4.69) is 59.5 Å². The van der Waals surface area contributed by atoms with Crippen molar-refractivity contribution in [1.82, 2.24) is 5.32 Å². The van der Waals surface area contributed by atoms with E-state index in [1.54, 1.807) is 0 Å². The van der Waals surface area contributed by atoms with Crippen molar-refractivity contribution >= 4 is 27.7 Å². The van der Waals surface area contributed by atoms with Crippen LogP contribution in [0.15, 0.2) is 22.7 Å². The highest BCUT2D eigenvalue weighted by Crippen LogP contribution is 2.15. The summed E-state index contributed by atoms with van der Waals surface area (Å²) in [6.07, 6.45) is 2.15. The molecule has 1 rings (SSSR count). The predicted molar refractivity (Wildman–Crippen MR) is 73.6 cm³/mol. The van der Waals surface area contributed by atoms with Gasteiger partial charge in [-0.15, -0.1) is 0 Å². The summed E-state index contributed by atoms with van der Waals surface area (Å²) in [7, 11) is 0. The van der Waals surface area contributed by atoms with E-state index in [1.165, 1.54) is 11.1 Å². The van der Waals surface area contributed by atoms with Crippen molar-refractivity contribution in [2.75, 3.05) is 12.8 Å². The normalized spacial score (nSPS) is 12.8. The summed E-state index contributed by atoms with van der Waals surface area (Å²) in [5.74, 6) is 0. The number of hydrogen-bond donors (Lipinski definition) is 1. The molecular formula is C12H18BrNS. The largest absolute Gasteiger partial charge is 0.312 e. The lowest BCUT2D eigenvalue weighted by Gasteiger charge is -2.11. The first-order valence-corrected chi connectivity index (χ1v) is 7.20. The van der Waals surface area contributed by atoms with Crippen LogP contribution in [0, 0.1) is 6.92 Å². The van der Waals surface area contributed by atoms with Gasteiger partial charge in [0.05, 0.1) is 0 Å². The van der Waals surface area contributed by atoms with Gasteiger partial charge in [-0.1, -0.05) is 28.9 Å². The lowest BCUT2D eigenvalue weighted by Crippen LogP contribution is -2.22. The van der Waals surface area contributed by atoms with Gasteiger partial charge in [0.1, 0.15) is 0 Å². The van der Waals surface area contributed by atoms with E-state index in [4.69, 9.17) is 0 Å². The molecule has 1 atom stereocenters. The molecule has 0 amide bonds. The van der Waals surface area contributed by atoms with Crippen LogP contribution in [-0.4, -0.2) is 18.1 Å². The molecule has 3 heteroatoms. The number of aryl methyl sites for hydroxylation is 1. The molecule has 1 nitrogen and oxygen atoms in total. The molecule has 0 saturated heterocycles. The summed E-state index contributed by atoms with van der Waals surface area (Å²) in [6.45, 7) is 6.42. The summed E-state index contributed by atoms with van der Waals surface area (Å²) in [4.78, 5) is 0. The van der Waals surface area contributed by atoms with Gasteiger partial charge in [0, 0.05) is 22.8 Å². The van der Waals surface area contributed by atoms with Crippen molar-refractivity contribution in [3.63, 3.8) is 0 Å². The molecule has 0 aromatic heterocycles. The van der Waals surface area contributed by atoms with Gasteiger partial charge in [0.15, 0.2) is 0 Å². The van der Waals surface area contributed by atoms with Crippen LogP contribution >= 0.6 is 27.7 Å². The van der Waals surface area contributed by atoms with Crippen LogP contribution < -0.4 is 5.32 Å². The topological polar surface area (TPSA) is 12.0 Å². The fourth-order valence-electron chi connectivity index (χ4n) is 1.35. The number of hydrogen-bond acceptors (Lipinski definition) is 2. The van der Waals surface area contributed by atoms with Gasteiger partial charge < -0.3 is 5.32 Å². The van der Waals surface area contributed by atoms with Gasteiger partial charge >= 0.3 is 0 Å². The molecule has 1 aromatic rings. The Balaban J connectivity index is 2.44. The van der Waals surface area contributed by atoms with Crippen LogP contribution in [0.5, 0.6) is 0 Å². The first-order valence-electron chi connectivity index (χ1n) is 5.12. The molecule has 0 spiro atoms. The molecule has 0 bridgehead atoms. The van der Waals surface area contributed by atoms with E-state index in [1.807, 2.05) is 11.8 Å². The molecule has 15 heavy (non-hydrogen) atoms. The van der Waals surface area contributed by atoms with Gasteiger partial charge in [-0.25, -0.2) is 0 Å². The molecule has 84 valence electrons. The maximum absolute atomic E-state index is 3.48. The Morgan fingerprint density at radius 1 is 1.47 bits per heavy atom. The van der Waals surface area contributed by atoms with Crippen LogP contribution in [-0.2, 0) is 6.54 Å². The number of rotatable bonds is 5. The fourth-order valence-corrected chi connectivity index (χ4v) is 2.11. The maximum atomic E-state index is 3.48. The summed E-state index contributed by atoms with van der Waals surface area (Å²) < 4.78 is 1.15.